The number of hydrogen-bond acceptors (Lipinski definition) is 7. The van der Waals surface area contributed by atoms with E-state index in [-0.39, 0.29) is 17.5 Å². The lowest BCUT2D eigenvalue weighted by Gasteiger charge is -2.45. The monoisotopic (exact) mass is 468 g/mol. The van der Waals surface area contributed by atoms with Crippen LogP contribution >= 0.6 is 0 Å². The highest BCUT2D eigenvalue weighted by Crippen LogP contribution is 2.34. The molecule has 4 rings (SSSR count). The van der Waals surface area contributed by atoms with Crippen molar-refractivity contribution < 1.29 is 43.9 Å². The molecule has 2 saturated carbocycles. The minimum atomic E-state index is -2.27. The molecule has 1 aromatic rings. The van der Waals surface area contributed by atoms with Crippen LogP contribution < -0.4 is 10.2 Å². The van der Waals surface area contributed by atoms with E-state index in [1.54, 1.807) is 6.07 Å². The minimum Gasteiger partial charge on any atom is -0.490 e. The van der Waals surface area contributed by atoms with E-state index in [4.69, 9.17) is 25.2 Å². The van der Waals surface area contributed by atoms with Crippen LogP contribution in [0.25, 0.3) is 0 Å². The van der Waals surface area contributed by atoms with E-state index in [0.29, 0.717) is 30.7 Å². The number of ether oxygens (including phenoxy) is 1. The normalized spacial score (nSPS) is 19.5. The van der Waals surface area contributed by atoms with E-state index >= 15 is 0 Å². The van der Waals surface area contributed by atoms with Gasteiger partial charge in [0.05, 0.1) is 6.61 Å². The smallest absolute Gasteiger partial charge is 0.335 e. The lowest BCUT2D eigenvalue weighted by atomic mass is 9.86. The first-order valence-electron chi connectivity index (χ1n) is 11.1. The van der Waals surface area contributed by atoms with Gasteiger partial charge in [0.1, 0.15) is 0 Å². The number of benzene rings is 1. The van der Waals surface area contributed by atoms with E-state index in [9.17, 15) is 18.8 Å². The first-order chi connectivity index (χ1) is 15.7. The van der Waals surface area contributed by atoms with Gasteiger partial charge in [-0.15, -0.1) is 0 Å². The third-order valence-electron chi connectivity index (χ3n) is 6.25. The molecule has 5 N–H and O–H groups in total. The van der Waals surface area contributed by atoms with Crippen molar-refractivity contribution in [1.82, 2.24) is 10.4 Å². The first-order valence-corrected chi connectivity index (χ1v) is 11.1. The van der Waals surface area contributed by atoms with Crippen molar-refractivity contribution in [3.63, 3.8) is 0 Å². The molecule has 2 aliphatic carbocycles. The quantitative estimate of drug-likeness (QED) is 0.369. The number of carbonyl (C=O) groups is 3. The molecule has 10 nitrogen and oxygen atoms in total. The Labute approximate surface area is 189 Å². The number of carboxylic acids is 2. The van der Waals surface area contributed by atoms with Gasteiger partial charge in [0, 0.05) is 23.2 Å². The van der Waals surface area contributed by atoms with Crippen LogP contribution in [0, 0.1) is 5.82 Å². The number of nitrogens with zero attached hydrogens (tertiary/aromatic N) is 1. The predicted molar refractivity (Wildman–Crippen MR) is 112 cm³/mol. The van der Waals surface area contributed by atoms with Gasteiger partial charge in [-0.2, -0.15) is 0 Å². The third kappa shape index (κ3) is 5.79. The van der Waals surface area contributed by atoms with E-state index in [2.05, 4.69) is 10.4 Å². The summed E-state index contributed by atoms with van der Waals surface area (Å²) in [6, 6.07) is 3.88. The highest BCUT2D eigenvalue weighted by molar-refractivity contribution is 5.96. The number of nitrogens with one attached hydrogen (secondary N) is 1. The molecule has 0 aromatic heterocycles. The molecule has 0 saturated heterocycles. The van der Waals surface area contributed by atoms with Crippen LogP contribution in [0.2, 0.25) is 0 Å². The van der Waals surface area contributed by atoms with Crippen LogP contribution in [-0.2, 0) is 16.0 Å². The Morgan fingerprint density at radius 1 is 0.970 bits per heavy atom. The second-order valence-electron chi connectivity index (χ2n) is 8.44. The standard InChI is InChI=1S/C18H23FN2O2.C4H6O6/c19-16-10-9-15(14-8-3-11-23-17(14)16)18(22)20-21(12-4-1-5-12)13-6-2-7-13;5-1(3(7)8)2(6)4(9)10/h9-10,12-13H,1-8,11H2,(H,20,22);1-2,5-6H,(H,7,8)(H,9,10). The van der Waals surface area contributed by atoms with Gasteiger partial charge in [0.2, 0.25) is 0 Å². The number of aliphatic hydroxyl groups is 2. The summed E-state index contributed by atoms with van der Waals surface area (Å²) in [5, 5.41) is 34.7. The van der Waals surface area contributed by atoms with Crippen molar-refractivity contribution in [2.24, 2.45) is 0 Å². The zero-order chi connectivity index (χ0) is 24.1. The number of amides is 1. The topological polar surface area (TPSA) is 157 Å². The fourth-order valence-electron chi connectivity index (χ4n) is 3.90. The molecule has 3 aliphatic rings. The third-order valence-corrected chi connectivity index (χ3v) is 6.25. The molecule has 0 bridgehead atoms. The molecule has 1 heterocycles. The molecular weight excluding hydrogens is 439 g/mol. The van der Waals surface area contributed by atoms with Crippen molar-refractivity contribution in [2.75, 3.05) is 6.61 Å². The van der Waals surface area contributed by atoms with Gasteiger partial charge in [-0.3, -0.25) is 10.2 Å². The van der Waals surface area contributed by atoms with E-state index in [1.807, 2.05) is 0 Å². The second kappa shape index (κ2) is 10.9. The molecule has 0 radical (unpaired) electrons. The minimum absolute atomic E-state index is 0.120. The fraction of sp³-hybridized carbons (Fsp3) is 0.591. The maximum absolute atomic E-state index is 13.9. The molecule has 2 unspecified atom stereocenters. The van der Waals surface area contributed by atoms with Crippen molar-refractivity contribution >= 4 is 17.8 Å². The average Bonchev–Trinajstić information content (AvgIpc) is 2.70. The Morgan fingerprint density at radius 3 is 1.97 bits per heavy atom. The molecule has 1 amide bonds. The van der Waals surface area contributed by atoms with Gasteiger partial charge in [-0.25, -0.2) is 19.0 Å². The predicted octanol–water partition coefficient (Wildman–Crippen LogP) is 1.08. The zero-order valence-corrected chi connectivity index (χ0v) is 18.1. The van der Waals surface area contributed by atoms with Crippen LogP contribution in [0.4, 0.5) is 4.39 Å². The summed E-state index contributed by atoms with van der Waals surface area (Å²) in [5.74, 6) is -3.76. The van der Waals surface area contributed by atoms with Gasteiger partial charge in [-0.05, 0) is 50.7 Å². The number of aliphatic carboxylic acids is 2. The highest BCUT2D eigenvalue weighted by Gasteiger charge is 2.35. The molecule has 11 heteroatoms. The first kappa shape index (κ1) is 24.9. The number of fused-ring (bicyclic) bond motifs is 1. The van der Waals surface area contributed by atoms with Gasteiger partial charge in [-0.1, -0.05) is 12.8 Å². The van der Waals surface area contributed by atoms with Crippen molar-refractivity contribution in [2.45, 2.75) is 75.7 Å². The van der Waals surface area contributed by atoms with Crippen LogP contribution in [0.3, 0.4) is 0 Å². The number of hydrogen-bond donors (Lipinski definition) is 5. The van der Waals surface area contributed by atoms with Gasteiger partial charge >= 0.3 is 11.9 Å². The number of hydrazine groups is 1. The number of carbonyl (C=O) groups excluding carboxylic acids is 1. The molecule has 2 fully saturated rings. The van der Waals surface area contributed by atoms with Crippen molar-refractivity contribution in [3.05, 3.63) is 29.1 Å². The highest BCUT2D eigenvalue weighted by atomic mass is 19.1. The summed E-state index contributed by atoms with van der Waals surface area (Å²) in [7, 11) is 0. The van der Waals surface area contributed by atoms with Crippen LogP contribution in [-0.4, -0.2) is 74.2 Å². The van der Waals surface area contributed by atoms with Gasteiger partial charge < -0.3 is 25.2 Å². The Morgan fingerprint density at radius 2 is 1.52 bits per heavy atom. The largest absolute Gasteiger partial charge is 0.490 e. The number of rotatable bonds is 7. The molecular formula is C22H29FN2O8. The van der Waals surface area contributed by atoms with Crippen LogP contribution in [0.5, 0.6) is 5.75 Å². The number of halogens is 1. The summed E-state index contributed by atoms with van der Waals surface area (Å²) in [6.45, 7) is 0.519. The summed E-state index contributed by atoms with van der Waals surface area (Å²) in [6.07, 6.45) is 4.09. The number of aliphatic hydroxyl groups excluding tert-OH is 2. The Kier molecular flexibility index (Phi) is 8.22. The van der Waals surface area contributed by atoms with E-state index in [1.165, 1.54) is 18.9 Å². The van der Waals surface area contributed by atoms with Gasteiger partial charge in [0.25, 0.3) is 5.91 Å². The van der Waals surface area contributed by atoms with Crippen molar-refractivity contribution in [1.29, 1.82) is 0 Å². The van der Waals surface area contributed by atoms with Crippen molar-refractivity contribution in [3.8, 4) is 5.75 Å². The molecule has 33 heavy (non-hydrogen) atoms. The molecule has 182 valence electrons. The van der Waals surface area contributed by atoms with Gasteiger partial charge in [0.15, 0.2) is 23.8 Å². The fourth-order valence-corrected chi connectivity index (χ4v) is 3.90. The molecule has 1 aliphatic heterocycles. The van der Waals surface area contributed by atoms with E-state index in [0.717, 1.165) is 37.7 Å². The molecule has 0 spiro atoms. The van der Waals surface area contributed by atoms with E-state index < -0.39 is 24.1 Å². The maximum atomic E-state index is 13.9. The second-order valence-corrected chi connectivity index (χ2v) is 8.44. The average molecular weight is 468 g/mol. The summed E-state index contributed by atoms with van der Waals surface area (Å²) >= 11 is 0. The lowest BCUT2D eigenvalue weighted by Crippen LogP contribution is -2.58. The zero-order valence-electron chi connectivity index (χ0n) is 18.1. The molecule has 1 aromatic carbocycles. The summed E-state index contributed by atoms with van der Waals surface area (Å²) in [5.41, 5.74) is 4.40. The number of carboxylic acid groups (broad SMARTS) is 2. The van der Waals surface area contributed by atoms with Crippen LogP contribution in [0.1, 0.15) is 60.9 Å². The summed E-state index contributed by atoms with van der Waals surface area (Å²) < 4.78 is 19.3. The summed E-state index contributed by atoms with van der Waals surface area (Å²) in [4.78, 5) is 32.3. The Hall–Kier alpha value is -2.76. The Bertz CT molecular complexity index is 855. The maximum Gasteiger partial charge on any atom is 0.335 e. The lowest BCUT2D eigenvalue weighted by molar-refractivity contribution is -0.165. The Balaban J connectivity index is 0.000000262. The van der Waals surface area contributed by atoms with Crippen LogP contribution in [0.15, 0.2) is 12.1 Å². The SMILES string of the molecule is O=C(NN(C1CCC1)C1CCC1)c1ccc(F)c2c1CCCO2.O=C(O)C(O)C(O)C(=O)O. The molecule has 2 atom stereocenters.